The number of fused-ring (bicyclic) bond motifs is 2. The molecular formula is C46H52N12O7. The number of hydrogen-bond acceptors (Lipinski definition) is 15. The largest absolute Gasteiger partial charge is 0.457 e. The Morgan fingerprint density at radius 2 is 1.63 bits per heavy atom. The number of para-hydroxylation sites is 1. The number of imide groups is 1. The zero-order valence-electron chi connectivity index (χ0n) is 36.0. The molecule has 4 N–H and O–H groups in total. The Hall–Kier alpha value is -6.80. The van der Waals surface area contributed by atoms with Crippen LogP contribution in [0.4, 0.5) is 11.5 Å². The van der Waals surface area contributed by atoms with Crippen molar-refractivity contribution in [2.45, 2.75) is 57.4 Å². The fourth-order valence-electron chi connectivity index (χ4n) is 8.59. The number of amides is 3. The van der Waals surface area contributed by atoms with Crippen LogP contribution in [0.15, 0.2) is 85.3 Å². The summed E-state index contributed by atoms with van der Waals surface area (Å²) in [6, 6.07) is 22.4. The molecule has 2 atom stereocenters. The number of piperidine rings is 2. The molecule has 0 bridgehead atoms. The Labute approximate surface area is 375 Å². The van der Waals surface area contributed by atoms with Crippen LogP contribution in [-0.2, 0) is 43.4 Å². The van der Waals surface area contributed by atoms with Gasteiger partial charge in [-0.25, -0.2) is 19.3 Å². The number of anilines is 2. The molecule has 2 saturated heterocycles. The molecule has 0 radical (unpaired) electrons. The highest BCUT2D eigenvalue weighted by Crippen LogP contribution is 2.36. The van der Waals surface area contributed by atoms with E-state index in [0.717, 1.165) is 71.0 Å². The first-order valence-corrected chi connectivity index (χ1v) is 22.0. The van der Waals surface area contributed by atoms with Crippen LogP contribution in [0, 0.1) is 0 Å². The standard InChI is InChI=1S/C46H52N12O7/c47-43-41-42(31-11-13-35(14-12-31)65-34-7-2-1-3-8-34)53-58(44(41)50-30-49-43)33-6-5-18-55(28-33)26-32-27-56(54-52-32)19-21-63-23-25-64-24-22-62-20-17-48-38-10-4-9-36-37(38)29-57(46(36)61)39-15-16-40(59)51-45(39)60/h1-4,7-14,27,30,33,39,48H,5-6,15-26,28-29H2,(H2,47,49,50)(H,51,59,60)/t33-,39?/m1/s1. The van der Waals surface area contributed by atoms with Gasteiger partial charge in [0.05, 0.1) is 63.3 Å². The predicted molar refractivity (Wildman–Crippen MR) is 239 cm³/mol. The minimum Gasteiger partial charge on any atom is -0.457 e. The summed E-state index contributed by atoms with van der Waals surface area (Å²) < 4.78 is 27.0. The fourth-order valence-corrected chi connectivity index (χ4v) is 8.59. The number of rotatable bonds is 20. The first kappa shape index (κ1) is 43.5. The SMILES string of the molecule is Nc1ncnc2c1c(-c1ccc(Oc3ccccc3)cc1)nn2[C@@H]1CCCN(Cc2cn(CCOCCOCCOCCNc3cccc4c3CN(C3CCC(=O)NC3=O)C4=O)nn2)C1. The second-order valence-electron chi connectivity index (χ2n) is 16.2. The lowest BCUT2D eigenvalue weighted by Crippen LogP contribution is -2.52. The molecule has 0 saturated carbocycles. The predicted octanol–water partition coefficient (Wildman–Crippen LogP) is 4.22. The number of carbonyl (C=O) groups is 3. The zero-order valence-corrected chi connectivity index (χ0v) is 36.0. The number of nitrogen functional groups attached to an aromatic ring is 1. The average molecular weight is 885 g/mol. The van der Waals surface area contributed by atoms with E-state index in [9.17, 15) is 14.4 Å². The summed E-state index contributed by atoms with van der Waals surface area (Å²) in [5.74, 6) is 0.966. The van der Waals surface area contributed by atoms with Crippen molar-refractivity contribution in [2.24, 2.45) is 0 Å². The van der Waals surface area contributed by atoms with Gasteiger partial charge in [-0.3, -0.25) is 24.6 Å². The zero-order chi connectivity index (χ0) is 44.5. The van der Waals surface area contributed by atoms with Gasteiger partial charge in [0.1, 0.15) is 35.4 Å². The Bertz CT molecular complexity index is 2600. The maximum absolute atomic E-state index is 13.1. The van der Waals surface area contributed by atoms with Crippen LogP contribution >= 0.6 is 0 Å². The van der Waals surface area contributed by atoms with Gasteiger partial charge in [0.2, 0.25) is 11.8 Å². The fraction of sp³-hybridized carbons (Fsp3) is 0.391. The van der Waals surface area contributed by atoms with Crippen molar-refractivity contribution in [1.29, 1.82) is 0 Å². The number of benzene rings is 3. The van der Waals surface area contributed by atoms with Crippen molar-refractivity contribution in [3.05, 3.63) is 102 Å². The average Bonchev–Trinajstić information content (AvgIpc) is 4.04. The van der Waals surface area contributed by atoms with Crippen molar-refractivity contribution in [2.75, 3.05) is 70.3 Å². The quantitative estimate of drug-likeness (QED) is 0.0722. The monoisotopic (exact) mass is 884 g/mol. The lowest BCUT2D eigenvalue weighted by Gasteiger charge is -2.32. The highest BCUT2D eigenvalue weighted by atomic mass is 16.5. The van der Waals surface area contributed by atoms with Crippen LogP contribution < -0.4 is 21.1 Å². The van der Waals surface area contributed by atoms with Gasteiger partial charge < -0.3 is 34.9 Å². The van der Waals surface area contributed by atoms with Gasteiger partial charge in [0, 0.05) is 61.2 Å². The van der Waals surface area contributed by atoms with Crippen LogP contribution in [0.25, 0.3) is 22.3 Å². The number of likely N-dealkylation sites (tertiary alicyclic amines) is 1. The van der Waals surface area contributed by atoms with Crippen molar-refractivity contribution >= 4 is 40.3 Å². The van der Waals surface area contributed by atoms with Crippen LogP contribution in [0.2, 0.25) is 0 Å². The summed E-state index contributed by atoms with van der Waals surface area (Å²) in [6.07, 6.45) is 5.97. The third-order valence-corrected chi connectivity index (χ3v) is 11.8. The number of ether oxygens (including phenoxy) is 4. The molecule has 2 fully saturated rings. The molecule has 3 aromatic carbocycles. The molecule has 6 aromatic rings. The number of nitrogens with zero attached hydrogens (tertiary/aromatic N) is 9. The highest BCUT2D eigenvalue weighted by molar-refractivity contribution is 6.06. The number of hydrogen-bond donors (Lipinski definition) is 3. The number of aromatic nitrogens is 7. The maximum Gasteiger partial charge on any atom is 0.255 e. The molecule has 9 rings (SSSR count). The minimum atomic E-state index is -0.647. The number of nitrogens with one attached hydrogen (secondary N) is 2. The molecule has 6 heterocycles. The van der Waals surface area contributed by atoms with E-state index < -0.39 is 11.9 Å². The maximum atomic E-state index is 13.1. The number of nitrogens with two attached hydrogens (primary N) is 1. The minimum absolute atomic E-state index is 0.0852. The lowest BCUT2D eigenvalue weighted by atomic mass is 10.0. The molecule has 3 amide bonds. The topological polar surface area (TPSA) is 219 Å². The summed E-state index contributed by atoms with van der Waals surface area (Å²) in [6.45, 7) is 6.46. The van der Waals surface area contributed by atoms with Crippen LogP contribution in [0.1, 0.15) is 53.3 Å². The van der Waals surface area contributed by atoms with E-state index in [-0.39, 0.29) is 24.3 Å². The van der Waals surface area contributed by atoms with Crippen molar-refractivity contribution in [3.8, 4) is 22.8 Å². The molecule has 0 aliphatic carbocycles. The third-order valence-electron chi connectivity index (χ3n) is 11.8. The van der Waals surface area contributed by atoms with Crippen LogP contribution in [-0.4, -0.2) is 128 Å². The van der Waals surface area contributed by atoms with E-state index in [1.54, 1.807) is 15.6 Å². The van der Waals surface area contributed by atoms with Gasteiger partial charge in [-0.05, 0) is 74.3 Å². The molecule has 3 aliphatic heterocycles. The van der Waals surface area contributed by atoms with Gasteiger partial charge in [0.25, 0.3) is 5.91 Å². The number of carbonyl (C=O) groups excluding carboxylic acids is 3. The lowest BCUT2D eigenvalue weighted by molar-refractivity contribution is -0.136. The van der Waals surface area contributed by atoms with Crippen molar-refractivity contribution in [1.82, 2.24) is 49.9 Å². The van der Waals surface area contributed by atoms with Gasteiger partial charge in [0.15, 0.2) is 5.65 Å². The Morgan fingerprint density at radius 3 is 2.45 bits per heavy atom. The molecular weight excluding hydrogens is 833 g/mol. The molecule has 0 spiro atoms. The molecule has 338 valence electrons. The normalized spacial score (nSPS) is 17.7. The molecule has 19 nitrogen and oxygen atoms in total. The molecule has 65 heavy (non-hydrogen) atoms. The Kier molecular flexibility index (Phi) is 13.6. The van der Waals surface area contributed by atoms with Gasteiger partial charge >= 0.3 is 0 Å². The Morgan fingerprint density at radius 1 is 0.846 bits per heavy atom. The first-order chi connectivity index (χ1) is 31.9. The van der Waals surface area contributed by atoms with Crippen LogP contribution in [0.5, 0.6) is 11.5 Å². The summed E-state index contributed by atoms with van der Waals surface area (Å²) in [5, 5.41) is 20.3. The second-order valence-corrected chi connectivity index (χ2v) is 16.2. The first-order valence-electron chi connectivity index (χ1n) is 22.0. The summed E-state index contributed by atoms with van der Waals surface area (Å²) in [5.41, 5.74) is 11.9. The third kappa shape index (κ3) is 10.3. The molecule has 3 aliphatic rings. The second kappa shape index (κ2) is 20.4. The van der Waals surface area contributed by atoms with Gasteiger partial charge in [-0.15, -0.1) is 5.10 Å². The van der Waals surface area contributed by atoms with E-state index in [0.29, 0.717) is 89.3 Å². The van der Waals surface area contributed by atoms with Gasteiger partial charge in [-0.1, -0.05) is 29.5 Å². The highest BCUT2D eigenvalue weighted by Gasteiger charge is 2.40. The molecule has 1 unspecified atom stereocenters. The summed E-state index contributed by atoms with van der Waals surface area (Å²) >= 11 is 0. The smallest absolute Gasteiger partial charge is 0.255 e. The Balaban J connectivity index is 0.664. The molecule has 19 heteroatoms. The summed E-state index contributed by atoms with van der Waals surface area (Å²) in [7, 11) is 0. The van der Waals surface area contributed by atoms with E-state index >= 15 is 0 Å². The van der Waals surface area contributed by atoms with E-state index in [2.05, 4.69) is 35.8 Å². The van der Waals surface area contributed by atoms with Crippen molar-refractivity contribution in [3.63, 3.8) is 0 Å². The van der Waals surface area contributed by atoms with Crippen LogP contribution in [0.3, 0.4) is 0 Å². The van der Waals surface area contributed by atoms with E-state index in [4.69, 9.17) is 29.8 Å². The summed E-state index contributed by atoms with van der Waals surface area (Å²) in [4.78, 5) is 49.9. The van der Waals surface area contributed by atoms with E-state index in [1.807, 2.05) is 77.6 Å². The van der Waals surface area contributed by atoms with E-state index in [1.165, 1.54) is 6.33 Å². The van der Waals surface area contributed by atoms with Gasteiger partial charge in [-0.2, -0.15) is 5.10 Å². The molecule has 3 aromatic heterocycles. The van der Waals surface area contributed by atoms with Crippen molar-refractivity contribution < 1.29 is 33.3 Å².